The first kappa shape index (κ1) is 20.4. The lowest BCUT2D eigenvalue weighted by Gasteiger charge is -2.30. The van der Waals surface area contributed by atoms with Crippen molar-refractivity contribution in [1.29, 1.82) is 0 Å². The first-order valence-electron chi connectivity index (χ1n) is 9.08. The van der Waals surface area contributed by atoms with E-state index in [2.05, 4.69) is 10.6 Å². The number of halogens is 1. The molecule has 3 rings (SSSR count). The highest BCUT2D eigenvalue weighted by Gasteiger charge is 2.36. The second-order valence-corrected chi connectivity index (χ2v) is 7.15. The molecule has 1 heterocycles. The second kappa shape index (κ2) is 8.80. The minimum atomic E-state index is -1.09. The Morgan fingerprint density at radius 3 is 2.38 bits per heavy atom. The zero-order valence-electron chi connectivity index (χ0n) is 16.1. The van der Waals surface area contributed by atoms with E-state index >= 15 is 0 Å². The highest BCUT2D eigenvalue weighted by atomic mass is 35.5. The highest BCUT2D eigenvalue weighted by Crippen LogP contribution is 2.38. The van der Waals surface area contributed by atoms with E-state index in [1.165, 1.54) is 0 Å². The van der Waals surface area contributed by atoms with E-state index in [9.17, 15) is 14.7 Å². The van der Waals surface area contributed by atoms with E-state index < -0.39 is 11.9 Å². The molecule has 0 aromatic heterocycles. The molecule has 6 heteroatoms. The minimum absolute atomic E-state index is 0.120. The van der Waals surface area contributed by atoms with Crippen molar-refractivity contribution in [3.05, 3.63) is 99.5 Å². The summed E-state index contributed by atoms with van der Waals surface area (Å²) in [6.45, 7) is 3.45. The molecule has 148 valence electrons. The van der Waals surface area contributed by atoms with Crippen LogP contribution >= 0.6 is 11.6 Å². The van der Waals surface area contributed by atoms with E-state index in [1.807, 2.05) is 30.3 Å². The number of carbonyl (C=O) groups is 2. The van der Waals surface area contributed by atoms with Gasteiger partial charge in [-0.3, -0.25) is 4.79 Å². The van der Waals surface area contributed by atoms with Crippen molar-refractivity contribution >= 4 is 29.6 Å². The largest absolute Gasteiger partial charge is 0.478 e. The fourth-order valence-corrected chi connectivity index (χ4v) is 3.65. The van der Waals surface area contributed by atoms with E-state index in [4.69, 9.17) is 11.6 Å². The van der Waals surface area contributed by atoms with Gasteiger partial charge in [0.1, 0.15) is 0 Å². The molecule has 0 bridgehead atoms. The number of nitrogens with one attached hydrogen (secondary N) is 2. The Bertz CT molecular complexity index is 1040. The van der Waals surface area contributed by atoms with E-state index in [0.717, 1.165) is 5.56 Å². The number of dihydropyridines is 1. The first-order chi connectivity index (χ1) is 13.9. The van der Waals surface area contributed by atoms with Gasteiger partial charge in [-0.05, 0) is 43.2 Å². The number of carboxylic acids is 1. The van der Waals surface area contributed by atoms with Crippen LogP contribution in [0.15, 0.2) is 83.3 Å². The smallest absolute Gasteiger partial charge is 0.334 e. The van der Waals surface area contributed by atoms with Crippen molar-refractivity contribution in [1.82, 2.24) is 10.6 Å². The molecule has 1 atom stereocenters. The summed E-state index contributed by atoms with van der Waals surface area (Å²) in [6, 6.07) is 16.5. The number of benzene rings is 2. The fraction of sp³-hybridized carbons (Fsp3) is 0.130. The topological polar surface area (TPSA) is 78.4 Å². The Morgan fingerprint density at radius 2 is 1.72 bits per heavy atom. The first-order valence-corrected chi connectivity index (χ1v) is 9.46. The standard InChI is InChI=1S/C23H21ClN2O3/c1-14-19(22(27)25-12-11-16-7-4-3-5-8-16)21(17-9-6-10-18(24)13-17)20(23(28)29)15(2)26-14/h3-13,21,26H,1-2H3,(H,25,27)(H,28,29). The van der Waals surface area contributed by atoms with Crippen LogP contribution in [0.1, 0.15) is 30.9 Å². The Labute approximate surface area is 174 Å². The van der Waals surface area contributed by atoms with Crippen molar-refractivity contribution in [2.24, 2.45) is 0 Å². The van der Waals surface area contributed by atoms with Gasteiger partial charge < -0.3 is 15.7 Å². The Hall–Kier alpha value is -3.31. The van der Waals surface area contributed by atoms with Crippen LogP contribution in [0.4, 0.5) is 0 Å². The Morgan fingerprint density at radius 1 is 1.03 bits per heavy atom. The third-order valence-corrected chi connectivity index (χ3v) is 4.94. The van der Waals surface area contributed by atoms with Gasteiger partial charge in [-0.25, -0.2) is 4.79 Å². The molecule has 0 saturated carbocycles. The van der Waals surface area contributed by atoms with E-state index in [-0.39, 0.29) is 11.5 Å². The molecule has 3 N–H and O–H groups in total. The predicted molar refractivity (Wildman–Crippen MR) is 114 cm³/mol. The third-order valence-electron chi connectivity index (χ3n) is 4.71. The summed E-state index contributed by atoms with van der Waals surface area (Å²) < 4.78 is 0. The van der Waals surface area contributed by atoms with Gasteiger partial charge in [0.2, 0.25) is 0 Å². The summed E-state index contributed by atoms with van der Waals surface area (Å²) >= 11 is 6.14. The molecule has 0 aliphatic carbocycles. The lowest BCUT2D eigenvalue weighted by molar-refractivity contribution is -0.133. The van der Waals surface area contributed by atoms with Crippen LogP contribution in [0.25, 0.3) is 6.08 Å². The predicted octanol–water partition coefficient (Wildman–Crippen LogP) is 4.45. The molecule has 2 aromatic rings. The molecule has 0 saturated heterocycles. The van der Waals surface area contributed by atoms with Crippen molar-refractivity contribution in [2.75, 3.05) is 0 Å². The number of hydrogen-bond acceptors (Lipinski definition) is 3. The maximum Gasteiger partial charge on any atom is 0.334 e. The monoisotopic (exact) mass is 408 g/mol. The quantitative estimate of drug-likeness (QED) is 0.683. The summed E-state index contributed by atoms with van der Waals surface area (Å²) in [6.07, 6.45) is 3.33. The van der Waals surface area contributed by atoms with Crippen molar-refractivity contribution in [2.45, 2.75) is 19.8 Å². The van der Waals surface area contributed by atoms with Crippen LogP contribution in [-0.2, 0) is 9.59 Å². The van der Waals surface area contributed by atoms with E-state index in [0.29, 0.717) is 27.6 Å². The summed E-state index contributed by atoms with van der Waals surface area (Å²) in [7, 11) is 0. The zero-order chi connectivity index (χ0) is 21.0. The van der Waals surface area contributed by atoms with Crippen LogP contribution in [0.5, 0.6) is 0 Å². The van der Waals surface area contributed by atoms with Crippen LogP contribution < -0.4 is 10.6 Å². The van der Waals surface area contributed by atoms with Gasteiger partial charge in [0.25, 0.3) is 5.91 Å². The fourth-order valence-electron chi connectivity index (χ4n) is 3.45. The average Bonchev–Trinajstić information content (AvgIpc) is 2.67. The number of allylic oxidation sites excluding steroid dienone is 2. The molecule has 0 radical (unpaired) electrons. The van der Waals surface area contributed by atoms with Gasteiger partial charge in [0.05, 0.1) is 11.5 Å². The zero-order valence-corrected chi connectivity index (χ0v) is 16.8. The number of amides is 1. The molecule has 29 heavy (non-hydrogen) atoms. The van der Waals surface area contributed by atoms with Crippen molar-refractivity contribution < 1.29 is 14.7 Å². The molecule has 1 unspecified atom stereocenters. The highest BCUT2D eigenvalue weighted by molar-refractivity contribution is 6.30. The maximum atomic E-state index is 13.0. The van der Waals surface area contributed by atoms with Crippen LogP contribution in [0.3, 0.4) is 0 Å². The molecule has 0 spiro atoms. The number of carbonyl (C=O) groups excluding carboxylic acids is 1. The number of rotatable bonds is 5. The summed E-state index contributed by atoms with van der Waals surface area (Å²) in [4.78, 5) is 25.0. The Balaban J connectivity index is 1.97. The number of carboxylic acid groups (broad SMARTS) is 1. The molecule has 2 aromatic carbocycles. The summed E-state index contributed by atoms with van der Waals surface area (Å²) in [5.41, 5.74) is 3.14. The molecule has 1 aliphatic rings. The number of aliphatic carboxylic acids is 1. The minimum Gasteiger partial charge on any atom is -0.478 e. The van der Waals surface area contributed by atoms with Crippen LogP contribution in [-0.4, -0.2) is 17.0 Å². The molecular weight excluding hydrogens is 388 g/mol. The van der Waals surface area contributed by atoms with Gasteiger partial charge in [-0.1, -0.05) is 54.1 Å². The molecule has 1 amide bonds. The third kappa shape index (κ3) is 4.58. The van der Waals surface area contributed by atoms with Gasteiger partial charge in [0, 0.05) is 28.2 Å². The molecule has 0 fully saturated rings. The van der Waals surface area contributed by atoms with Crippen molar-refractivity contribution in [3.63, 3.8) is 0 Å². The maximum absolute atomic E-state index is 13.0. The van der Waals surface area contributed by atoms with Gasteiger partial charge >= 0.3 is 5.97 Å². The average molecular weight is 409 g/mol. The van der Waals surface area contributed by atoms with Crippen LogP contribution in [0.2, 0.25) is 5.02 Å². The molecular formula is C23H21ClN2O3. The van der Waals surface area contributed by atoms with E-state index in [1.54, 1.807) is 50.4 Å². The van der Waals surface area contributed by atoms with Gasteiger partial charge in [0.15, 0.2) is 0 Å². The van der Waals surface area contributed by atoms with Gasteiger partial charge in [-0.2, -0.15) is 0 Å². The van der Waals surface area contributed by atoms with Crippen LogP contribution in [0, 0.1) is 0 Å². The van der Waals surface area contributed by atoms with Crippen molar-refractivity contribution in [3.8, 4) is 0 Å². The van der Waals surface area contributed by atoms with Gasteiger partial charge in [-0.15, -0.1) is 0 Å². The SMILES string of the molecule is CC1=C(C(=O)O)C(c2cccc(Cl)c2)C(C(=O)NC=Cc2ccccc2)=C(C)N1. The summed E-state index contributed by atoms with van der Waals surface area (Å²) in [5.74, 6) is -2.20. The Kier molecular flexibility index (Phi) is 6.20. The summed E-state index contributed by atoms with van der Waals surface area (Å²) in [5, 5.41) is 16.1. The second-order valence-electron chi connectivity index (χ2n) is 6.71. The number of hydrogen-bond donors (Lipinski definition) is 3. The lowest BCUT2D eigenvalue weighted by atomic mass is 9.80. The normalized spacial score (nSPS) is 16.7. The molecule has 5 nitrogen and oxygen atoms in total. The lowest BCUT2D eigenvalue weighted by Crippen LogP contribution is -2.34. The molecule has 1 aliphatic heterocycles.